The van der Waals surface area contributed by atoms with Gasteiger partial charge in [-0.25, -0.2) is 0 Å². The van der Waals surface area contributed by atoms with E-state index in [0.29, 0.717) is 12.8 Å². The molecule has 0 aliphatic carbocycles. The molecule has 0 aromatic heterocycles. The van der Waals surface area contributed by atoms with Gasteiger partial charge in [0.2, 0.25) is 5.91 Å². The lowest BCUT2D eigenvalue weighted by molar-refractivity contribution is -0.123. The molecule has 0 aliphatic heterocycles. The zero-order valence-corrected chi connectivity index (χ0v) is 11.4. The van der Waals surface area contributed by atoms with E-state index in [2.05, 4.69) is 5.32 Å². The molecule has 0 fully saturated rings. The summed E-state index contributed by atoms with van der Waals surface area (Å²) in [6, 6.07) is -0.694. The molecule has 0 aromatic carbocycles. The Morgan fingerprint density at radius 1 is 1.22 bits per heavy atom. The minimum Gasteiger partial charge on any atom is -0.394 e. The third-order valence-corrected chi connectivity index (χ3v) is 2.89. The van der Waals surface area contributed by atoms with Crippen molar-refractivity contribution in [3.8, 4) is 0 Å². The van der Waals surface area contributed by atoms with Crippen molar-refractivity contribution in [2.45, 2.75) is 70.6 Å². The first-order chi connectivity index (χ1) is 8.54. The molecule has 0 aliphatic rings. The van der Waals surface area contributed by atoms with Gasteiger partial charge >= 0.3 is 0 Å². The maximum atomic E-state index is 11.4. The van der Waals surface area contributed by atoms with Crippen LogP contribution in [-0.2, 0) is 4.79 Å². The fraction of sp³-hybridized carbons (Fsp3) is 0.923. The first-order valence-electron chi connectivity index (χ1n) is 6.81. The van der Waals surface area contributed by atoms with Gasteiger partial charge in [-0.2, -0.15) is 0 Å². The summed E-state index contributed by atoms with van der Waals surface area (Å²) < 4.78 is 0. The van der Waals surface area contributed by atoms with Crippen LogP contribution in [0.2, 0.25) is 0 Å². The zero-order chi connectivity index (χ0) is 14.0. The Hall–Kier alpha value is -0.650. The van der Waals surface area contributed by atoms with Crippen LogP contribution in [0.5, 0.6) is 0 Å². The summed E-state index contributed by atoms with van der Waals surface area (Å²) in [6.07, 6.45) is 2.30. The summed E-state index contributed by atoms with van der Waals surface area (Å²) in [7, 11) is 0. The quantitative estimate of drug-likeness (QED) is 0.463. The molecule has 0 saturated heterocycles. The molecule has 0 radical (unpaired) electrons. The summed E-state index contributed by atoms with van der Waals surface area (Å²) >= 11 is 0. The van der Waals surface area contributed by atoms with E-state index in [9.17, 15) is 15.0 Å². The van der Waals surface area contributed by atoms with Gasteiger partial charge in [-0.15, -0.1) is 0 Å². The molecule has 3 atom stereocenters. The molecule has 3 unspecified atom stereocenters. The summed E-state index contributed by atoms with van der Waals surface area (Å²) in [5, 5.41) is 31.3. The SMILES string of the molecule is CCCCC(O)CC(O)C(CO)NC(=O)CCC. The highest BCUT2D eigenvalue weighted by atomic mass is 16.3. The van der Waals surface area contributed by atoms with E-state index in [1.165, 1.54) is 0 Å². The largest absolute Gasteiger partial charge is 0.394 e. The van der Waals surface area contributed by atoms with Gasteiger partial charge in [0.05, 0.1) is 24.9 Å². The average molecular weight is 261 g/mol. The summed E-state index contributed by atoms with van der Waals surface area (Å²) in [4.78, 5) is 11.4. The highest BCUT2D eigenvalue weighted by Crippen LogP contribution is 2.09. The number of nitrogens with one attached hydrogen (secondary N) is 1. The predicted molar refractivity (Wildman–Crippen MR) is 70.1 cm³/mol. The summed E-state index contributed by atoms with van der Waals surface area (Å²) in [5.41, 5.74) is 0. The molecule has 5 heteroatoms. The number of aliphatic hydroxyl groups is 3. The first-order valence-corrected chi connectivity index (χ1v) is 6.81. The topological polar surface area (TPSA) is 89.8 Å². The minimum atomic E-state index is -0.914. The van der Waals surface area contributed by atoms with E-state index >= 15 is 0 Å². The van der Waals surface area contributed by atoms with E-state index in [4.69, 9.17) is 5.11 Å². The second-order valence-electron chi connectivity index (χ2n) is 4.71. The number of hydrogen-bond donors (Lipinski definition) is 4. The van der Waals surface area contributed by atoms with Crippen LogP contribution >= 0.6 is 0 Å². The fourth-order valence-electron chi connectivity index (χ4n) is 1.77. The lowest BCUT2D eigenvalue weighted by Crippen LogP contribution is -2.46. The van der Waals surface area contributed by atoms with Gasteiger partial charge in [-0.1, -0.05) is 26.7 Å². The summed E-state index contributed by atoms with van der Waals surface area (Å²) in [5.74, 6) is -0.182. The van der Waals surface area contributed by atoms with Gasteiger partial charge in [0.1, 0.15) is 0 Å². The van der Waals surface area contributed by atoms with E-state index in [1.807, 2.05) is 13.8 Å². The van der Waals surface area contributed by atoms with Crippen LogP contribution in [-0.4, -0.2) is 46.1 Å². The van der Waals surface area contributed by atoms with Gasteiger partial charge in [0.25, 0.3) is 0 Å². The van der Waals surface area contributed by atoms with Crippen molar-refractivity contribution in [2.75, 3.05) is 6.61 Å². The first kappa shape index (κ1) is 17.4. The van der Waals surface area contributed by atoms with Crippen molar-refractivity contribution < 1.29 is 20.1 Å². The lowest BCUT2D eigenvalue weighted by Gasteiger charge is -2.24. The fourth-order valence-corrected chi connectivity index (χ4v) is 1.77. The van der Waals surface area contributed by atoms with Crippen molar-refractivity contribution >= 4 is 5.91 Å². The standard InChI is InChI=1S/C13H27NO4/c1-3-5-7-10(16)8-12(17)11(9-15)14-13(18)6-4-2/h10-12,15-17H,3-9H2,1-2H3,(H,14,18). The van der Waals surface area contributed by atoms with Crippen LogP contribution < -0.4 is 5.32 Å². The molecule has 0 saturated carbocycles. The van der Waals surface area contributed by atoms with Gasteiger partial charge in [-0.3, -0.25) is 4.79 Å². The Labute approximate surface area is 109 Å². The van der Waals surface area contributed by atoms with E-state index in [1.54, 1.807) is 0 Å². The maximum Gasteiger partial charge on any atom is 0.220 e. The molecule has 108 valence electrons. The smallest absolute Gasteiger partial charge is 0.220 e. The van der Waals surface area contributed by atoms with Crippen LogP contribution in [0.15, 0.2) is 0 Å². The van der Waals surface area contributed by atoms with Gasteiger partial charge in [-0.05, 0) is 12.8 Å². The third-order valence-electron chi connectivity index (χ3n) is 2.89. The van der Waals surface area contributed by atoms with E-state index < -0.39 is 18.2 Å². The second-order valence-corrected chi connectivity index (χ2v) is 4.71. The molecular weight excluding hydrogens is 234 g/mol. The molecule has 0 heterocycles. The number of carbonyl (C=O) groups is 1. The minimum absolute atomic E-state index is 0.178. The summed E-state index contributed by atoms with van der Waals surface area (Å²) in [6.45, 7) is 3.60. The Morgan fingerprint density at radius 3 is 2.39 bits per heavy atom. The highest BCUT2D eigenvalue weighted by molar-refractivity contribution is 5.76. The van der Waals surface area contributed by atoms with E-state index in [-0.39, 0.29) is 18.9 Å². The molecule has 5 nitrogen and oxygen atoms in total. The molecule has 0 rings (SSSR count). The highest BCUT2D eigenvalue weighted by Gasteiger charge is 2.22. The number of hydrogen-bond acceptors (Lipinski definition) is 4. The van der Waals surface area contributed by atoms with Crippen LogP contribution in [0.1, 0.15) is 52.4 Å². The van der Waals surface area contributed by atoms with Crippen LogP contribution in [0.25, 0.3) is 0 Å². The van der Waals surface area contributed by atoms with E-state index in [0.717, 1.165) is 19.3 Å². The second kappa shape index (κ2) is 10.3. The number of aliphatic hydroxyl groups excluding tert-OH is 3. The number of carbonyl (C=O) groups excluding carboxylic acids is 1. The zero-order valence-electron chi connectivity index (χ0n) is 11.4. The van der Waals surface area contributed by atoms with Crippen molar-refractivity contribution in [1.82, 2.24) is 5.32 Å². The Balaban J connectivity index is 4.08. The molecule has 0 aromatic rings. The molecule has 18 heavy (non-hydrogen) atoms. The normalized spacial score (nSPS) is 16.1. The number of unbranched alkanes of at least 4 members (excludes halogenated alkanes) is 1. The van der Waals surface area contributed by atoms with Crippen LogP contribution in [0.3, 0.4) is 0 Å². The van der Waals surface area contributed by atoms with Crippen molar-refractivity contribution in [2.24, 2.45) is 0 Å². The molecule has 0 spiro atoms. The number of amides is 1. The predicted octanol–water partition coefficient (Wildman–Crippen LogP) is 0.566. The lowest BCUT2D eigenvalue weighted by atomic mass is 10.0. The van der Waals surface area contributed by atoms with Crippen LogP contribution in [0, 0.1) is 0 Å². The van der Waals surface area contributed by atoms with Gasteiger partial charge in [0.15, 0.2) is 0 Å². The van der Waals surface area contributed by atoms with Crippen molar-refractivity contribution in [3.05, 3.63) is 0 Å². The average Bonchev–Trinajstić information content (AvgIpc) is 2.33. The molecule has 0 bridgehead atoms. The Morgan fingerprint density at radius 2 is 1.89 bits per heavy atom. The molecular formula is C13H27NO4. The van der Waals surface area contributed by atoms with Crippen molar-refractivity contribution in [3.63, 3.8) is 0 Å². The maximum absolute atomic E-state index is 11.4. The van der Waals surface area contributed by atoms with Gasteiger partial charge < -0.3 is 20.6 Å². The molecule has 1 amide bonds. The van der Waals surface area contributed by atoms with Crippen molar-refractivity contribution in [1.29, 1.82) is 0 Å². The van der Waals surface area contributed by atoms with Crippen LogP contribution in [0.4, 0.5) is 0 Å². The van der Waals surface area contributed by atoms with Gasteiger partial charge in [0, 0.05) is 12.8 Å². The Bertz CT molecular complexity index is 223. The monoisotopic (exact) mass is 261 g/mol. The molecule has 4 N–H and O–H groups in total. The third kappa shape index (κ3) is 7.63. The number of rotatable bonds is 10. The Kier molecular flexibility index (Phi) is 9.92.